The van der Waals surface area contributed by atoms with Gasteiger partial charge in [-0.15, -0.1) is 0 Å². The zero-order chi connectivity index (χ0) is 33.7. The summed E-state index contributed by atoms with van der Waals surface area (Å²) in [5.41, 5.74) is 0.436. The maximum Gasteiger partial charge on any atom is 0.302 e. The van der Waals surface area contributed by atoms with Gasteiger partial charge in [0.15, 0.2) is 0 Å². The lowest BCUT2D eigenvalue weighted by Crippen LogP contribution is -1.88. The van der Waals surface area contributed by atoms with Gasteiger partial charge >= 0.3 is 5.97 Å². The number of carbonyl (C=O) groups is 3. The Bertz CT molecular complexity index is 586. The zero-order valence-electron chi connectivity index (χ0n) is 25.7. The number of aliphatic hydroxyl groups is 4. The summed E-state index contributed by atoms with van der Waals surface area (Å²) in [6.07, 6.45) is 3.22. The quantitative estimate of drug-likeness (QED) is 0.0994. The van der Waals surface area contributed by atoms with Crippen LogP contribution in [0.15, 0.2) is 30.8 Å². The van der Waals surface area contributed by atoms with E-state index >= 15 is 0 Å². The van der Waals surface area contributed by atoms with Crippen molar-refractivity contribution in [2.75, 3.05) is 42.2 Å². The van der Waals surface area contributed by atoms with Crippen LogP contribution in [-0.2, 0) is 23.9 Å². The molecule has 0 spiro atoms. The SMILES string of the molecule is C.C=C=O.CC.CC.CC=O.CCC1CO1.CO.CO.CO.CO.COC(C)=O.O=Cc1ccc([N+](=O)[O-])cc1. The predicted molar refractivity (Wildman–Crippen MR) is 161 cm³/mol. The van der Waals surface area contributed by atoms with Crippen LogP contribution in [0.5, 0.6) is 0 Å². The minimum absolute atomic E-state index is 0. The van der Waals surface area contributed by atoms with E-state index in [-0.39, 0.29) is 19.1 Å². The highest BCUT2D eigenvalue weighted by Gasteiger charge is 2.18. The third kappa shape index (κ3) is 102. The number of esters is 1. The maximum absolute atomic E-state index is 10.1. The second-order valence-electron chi connectivity index (χ2n) is 4.41. The van der Waals surface area contributed by atoms with Crippen molar-refractivity contribution in [1.29, 1.82) is 0 Å². The van der Waals surface area contributed by atoms with Crippen molar-refractivity contribution in [2.45, 2.75) is 68.4 Å². The van der Waals surface area contributed by atoms with Crippen LogP contribution in [-0.4, -0.2) is 98.1 Å². The zero-order valence-corrected chi connectivity index (χ0v) is 25.7. The third-order valence-corrected chi connectivity index (χ3v) is 2.39. The van der Waals surface area contributed by atoms with Gasteiger partial charge in [-0.2, -0.15) is 0 Å². The number of aldehydes is 2. The Morgan fingerprint density at radius 2 is 1.30 bits per heavy atom. The number of benzene rings is 1. The number of hydrogen-bond acceptors (Lipinski definition) is 12. The van der Waals surface area contributed by atoms with Gasteiger partial charge in [-0.25, -0.2) is 4.79 Å². The van der Waals surface area contributed by atoms with Crippen LogP contribution in [0, 0.1) is 10.1 Å². The van der Waals surface area contributed by atoms with Gasteiger partial charge in [0.2, 0.25) is 0 Å². The largest absolute Gasteiger partial charge is 0.469 e. The second kappa shape index (κ2) is 83.4. The van der Waals surface area contributed by atoms with Crippen LogP contribution in [0.1, 0.15) is 72.7 Å². The standard InChI is InChI=1S/C7H5NO3.C4H8O.C3H6O2.C2H4O.C2H2O.2C2H6.4CH4O.CH4/c9-5-6-1-3-7(4-2-6)8(10)11;1-2-4-3-5-4;1-3(4)5-2;2*1-2-3;6*1-2;/h1-5H;4H,2-3H2,1H3;1-2H3;2H,1H3;1H2;2*1-2H3;4*2H,1H3;1H4. The molecular formula is C27H57NO12. The molecule has 0 aliphatic carbocycles. The van der Waals surface area contributed by atoms with Crippen LogP contribution < -0.4 is 0 Å². The lowest BCUT2D eigenvalue weighted by atomic mass is 10.2. The molecule has 242 valence electrons. The molecule has 1 unspecified atom stereocenters. The molecule has 2 rings (SSSR count). The van der Waals surface area contributed by atoms with E-state index in [1.165, 1.54) is 57.6 Å². The number of non-ortho nitro benzene ring substituents is 1. The monoisotopic (exact) mass is 587 g/mol. The van der Waals surface area contributed by atoms with E-state index in [4.69, 9.17) is 34.8 Å². The van der Waals surface area contributed by atoms with Gasteiger partial charge in [-0.3, -0.25) is 19.7 Å². The highest BCUT2D eigenvalue weighted by atomic mass is 16.6. The molecule has 1 aromatic carbocycles. The predicted octanol–water partition coefficient (Wildman–Crippen LogP) is 3.71. The summed E-state index contributed by atoms with van der Waals surface area (Å²) in [6, 6.07) is 5.41. The van der Waals surface area contributed by atoms with E-state index in [0.717, 1.165) is 41.3 Å². The first kappa shape index (κ1) is 65.6. The molecule has 1 atom stereocenters. The van der Waals surface area contributed by atoms with Crippen LogP contribution in [0.25, 0.3) is 0 Å². The third-order valence-electron chi connectivity index (χ3n) is 2.39. The Balaban J connectivity index is -0.0000000338. The minimum Gasteiger partial charge on any atom is -0.469 e. The molecule has 1 heterocycles. The van der Waals surface area contributed by atoms with Crippen LogP contribution in [0.4, 0.5) is 5.69 Å². The molecule has 1 aliphatic heterocycles. The fourth-order valence-electron chi connectivity index (χ4n) is 0.978. The number of aliphatic hydroxyl groups excluding tert-OH is 4. The Labute approximate surface area is 241 Å². The molecule has 0 saturated carbocycles. The van der Waals surface area contributed by atoms with Crippen LogP contribution in [0.2, 0.25) is 0 Å². The summed E-state index contributed by atoms with van der Waals surface area (Å²) in [4.78, 5) is 46.7. The lowest BCUT2D eigenvalue weighted by Gasteiger charge is -1.89. The fourth-order valence-corrected chi connectivity index (χ4v) is 0.978. The number of hydrogen-bond donors (Lipinski definition) is 4. The summed E-state index contributed by atoms with van der Waals surface area (Å²) < 4.78 is 8.97. The summed E-state index contributed by atoms with van der Waals surface area (Å²) in [6.45, 7) is 16.6. The van der Waals surface area contributed by atoms with E-state index in [1.54, 1.807) is 0 Å². The first-order chi connectivity index (χ1) is 18.8. The van der Waals surface area contributed by atoms with Gasteiger partial charge in [-0.1, -0.05) is 42.0 Å². The number of ether oxygens (including phenoxy) is 2. The summed E-state index contributed by atoms with van der Waals surface area (Å²) in [7, 11) is 5.35. The second-order valence-corrected chi connectivity index (χ2v) is 4.41. The van der Waals surface area contributed by atoms with Crippen LogP contribution >= 0.6 is 0 Å². The van der Waals surface area contributed by atoms with Gasteiger partial charge in [0.05, 0.1) is 24.7 Å². The average molecular weight is 588 g/mol. The average Bonchev–Trinajstić information content (AvgIpc) is 3.86. The lowest BCUT2D eigenvalue weighted by molar-refractivity contribution is -0.384. The molecule has 13 heteroatoms. The number of nitro benzene ring substituents is 1. The highest BCUT2D eigenvalue weighted by molar-refractivity contribution is 5.75. The molecule has 13 nitrogen and oxygen atoms in total. The first-order valence-corrected chi connectivity index (χ1v) is 11.5. The molecule has 0 radical (unpaired) electrons. The summed E-state index contributed by atoms with van der Waals surface area (Å²) in [5.74, 6) is 1.00. The number of methoxy groups -OCH3 is 1. The fraction of sp³-hybridized carbons (Fsp3) is 0.593. The van der Waals surface area contributed by atoms with E-state index in [2.05, 4.69) is 18.2 Å². The topological polar surface area (TPSA) is 214 Å². The number of nitro groups is 1. The van der Waals surface area contributed by atoms with Gasteiger partial charge in [0, 0.05) is 53.1 Å². The number of epoxide rings is 1. The Kier molecular flexibility index (Phi) is 137. The number of rotatable bonds is 3. The van der Waals surface area contributed by atoms with Crippen molar-refractivity contribution in [3.05, 3.63) is 46.5 Å². The van der Waals surface area contributed by atoms with Gasteiger partial charge in [0.1, 0.15) is 18.5 Å². The summed E-state index contributed by atoms with van der Waals surface area (Å²) in [5, 5.41) is 38.1. The molecule has 1 aromatic rings. The van der Waals surface area contributed by atoms with Gasteiger partial charge in [-0.05, 0) is 32.1 Å². The van der Waals surface area contributed by atoms with Crippen molar-refractivity contribution in [3.8, 4) is 0 Å². The Morgan fingerprint density at radius 3 is 1.40 bits per heavy atom. The molecule has 0 amide bonds. The van der Waals surface area contributed by atoms with Crippen molar-refractivity contribution < 1.29 is 54.0 Å². The molecule has 0 aromatic heterocycles. The van der Waals surface area contributed by atoms with Gasteiger partial charge < -0.3 is 34.7 Å². The van der Waals surface area contributed by atoms with E-state index in [9.17, 15) is 19.7 Å². The molecule has 4 N–H and O–H groups in total. The highest BCUT2D eigenvalue weighted by Crippen LogP contribution is 2.11. The van der Waals surface area contributed by atoms with Crippen molar-refractivity contribution >= 4 is 30.2 Å². The van der Waals surface area contributed by atoms with E-state index < -0.39 is 4.92 Å². The van der Waals surface area contributed by atoms with E-state index in [0.29, 0.717) is 18.0 Å². The van der Waals surface area contributed by atoms with Crippen molar-refractivity contribution in [2.24, 2.45) is 0 Å². The smallest absolute Gasteiger partial charge is 0.302 e. The van der Waals surface area contributed by atoms with E-state index in [1.807, 2.05) is 27.7 Å². The maximum atomic E-state index is 10.1. The van der Waals surface area contributed by atoms with Crippen molar-refractivity contribution in [1.82, 2.24) is 0 Å². The Hall–Kier alpha value is -3.32. The van der Waals surface area contributed by atoms with Crippen LogP contribution in [0.3, 0.4) is 0 Å². The van der Waals surface area contributed by atoms with Gasteiger partial charge in [0.25, 0.3) is 5.69 Å². The minimum atomic E-state index is -0.505. The summed E-state index contributed by atoms with van der Waals surface area (Å²) >= 11 is 0. The molecule has 1 saturated heterocycles. The number of nitrogens with zero attached hydrogens (tertiary/aromatic N) is 1. The molecule has 1 fully saturated rings. The molecule has 0 bridgehead atoms. The van der Waals surface area contributed by atoms with Crippen molar-refractivity contribution in [3.63, 3.8) is 0 Å². The molecule has 40 heavy (non-hydrogen) atoms. The molecule has 1 aliphatic rings. The molecular weight excluding hydrogens is 530 g/mol. The normalized spacial score (nSPS) is 9.05. The number of carbonyl (C=O) groups excluding carboxylic acids is 4. The Morgan fingerprint density at radius 1 is 1.05 bits per heavy atom. The first-order valence-electron chi connectivity index (χ1n) is 11.5.